The molecule has 2 amide bonds. The molecule has 1 saturated heterocycles. The Morgan fingerprint density at radius 1 is 1.31 bits per heavy atom. The van der Waals surface area contributed by atoms with E-state index in [1.54, 1.807) is 0 Å². The number of amides is 2. The molecule has 3 nitrogen and oxygen atoms in total. The van der Waals surface area contributed by atoms with Crippen molar-refractivity contribution in [2.24, 2.45) is 0 Å². The van der Waals surface area contributed by atoms with Crippen molar-refractivity contribution in [2.75, 3.05) is 6.54 Å². The Bertz CT molecular complexity index is 323. The molecule has 1 aromatic rings. The third-order valence-corrected chi connectivity index (χ3v) is 2.57. The topological polar surface area (TPSA) is 41.1 Å². The van der Waals surface area contributed by atoms with Gasteiger partial charge in [-0.2, -0.15) is 0 Å². The molecule has 0 spiro atoms. The number of hydrogen-bond acceptors (Lipinski definition) is 1. The smallest absolute Gasteiger partial charge is 0.315 e. The molecule has 4 heteroatoms. The summed E-state index contributed by atoms with van der Waals surface area (Å²) in [4.78, 5) is 10.9. The molecule has 0 aromatic heterocycles. The van der Waals surface area contributed by atoms with E-state index < -0.39 is 0 Å². The average Bonchev–Trinajstić information content (AvgIpc) is 2.53. The fraction of sp³-hybridized carbons (Fsp3) is 0.222. The van der Waals surface area contributed by atoms with Crippen molar-refractivity contribution in [1.29, 1.82) is 0 Å². The molecule has 0 bridgehead atoms. The van der Waals surface area contributed by atoms with E-state index in [0.29, 0.717) is 6.54 Å². The number of carbonyl (C=O) groups excluding carboxylic acids is 1. The number of rotatable bonds is 1. The summed E-state index contributed by atoms with van der Waals surface area (Å²) in [6, 6.07) is 7.97. The van der Waals surface area contributed by atoms with Crippen LogP contribution in [0, 0.1) is 0 Å². The van der Waals surface area contributed by atoms with Gasteiger partial charge in [0, 0.05) is 11.0 Å². The van der Waals surface area contributed by atoms with Crippen LogP contribution in [0.5, 0.6) is 0 Å². The van der Waals surface area contributed by atoms with Crippen LogP contribution in [0.2, 0.25) is 0 Å². The summed E-state index contributed by atoms with van der Waals surface area (Å²) in [5, 5.41) is 5.55. The third-order valence-electron chi connectivity index (χ3n) is 2.04. The van der Waals surface area contributed by atoms with Gasteiger partial charge >= 0.3 is 6.03 Å². The van der Waals surface area contributed by atoms with Gasteiger partial charge in [0.2, 0.25) is 0 Å². The van der Waals surface area contributed by atoms with Crippen LogP contribution >= 0.6 is 15.9 Å². The molecule has 0 radical (unpaired) electrons. The zero-order valence-electron chi connectivity index (χ0n) is 6.88. The maximum Gasteiger partial charge on any atom is 0.315 e. The van der Waals surface area contributed by atoms with Gasteiger partial charge < -0.3 is 10.6 Å². The fourth-order valence-corrected chi connectivity index (χ4v) is 1.62. The van der Waals surface area contributed by atoms with Crippen molar-refractivity contribution in [1.82, 2.24) is 10.6 Å². The predicted octanol–water partition coefficient (Wildman–Crippen LogP) is 1.80. The van der Waals surface area contributed by atoms with Crippen LogP contribution in [0.3, 0.4) is 0 Å². The number of nitrogens with one attached hydrogen (secondary N) is 2. The maximum absolute atomic E-state index is 10.9. The maximum atomic E-state index is 10.9. The summed E-state index contributed by atoms with van der Waals surface area (Å²) in [5.74, 6) is 0. The lowest BCUT2D eigenvalue weighted by Crippen LogP contribution is -2.21. The summed E-state index contributed by atoms with van der Waals surface area (Å²) in [6.07, 6.45) is 0. The van der Waals surface area contributed by atoms with Crippen molar-refractivity contribution in [3.8, 4) is 0 Å². The SMILES string of the molecule is O=C1NCC(c2ccc(Br)cc2)N1. The van der Waals surface area contributed by atoms with Gasteiger partial charge in [-0.15, -0.1) is 0 Å². The van der Waals surface area contributed by atoms with Crippen LogP contribution in [0.25, 0.3) is 0 Å². The normalized spacial score (nSPS) is 21.0. The van der Waals surface area contributed by atoms with E-state index in [0.717, 1.165) is 10.0 Å². The molecule has 1 heterocycles. The quantitative estimate of drug-likeness (QED) is 0.773. The summed E-state index contributed by atoms with van der Waals surface area (Å²) in [7, 11) is 0. The minimum atomic E-state index is -0.0899. The van der Waals surface area contributed by atoms with Gasteiger partial charge in [-0.1, -0.05) is 28.1 Å². The van der Waals surface area contributed by atoms with Gasteiger partial charge in [0.25, 0.3) is 0 Å². The molecule has 1 unspecified atom stereocenters. The first-order chi connectivity index (χ1) is 6.25. The molecular weight excluding hydrogens is 232 g/mol. The van der Waals surface area contributed by atoms with Crippen LogP contribution in [-0.2, 0) is 0 Å². The summed E-state index contributed by atoms with van der Waals surface area (Å²) in [6.45, 7) is 0.667. The van der Waals surface area contributed by atoms with Crippen molar-refractivity contribution >= 4 is 22.0 Å². The van der Waals surface area contributed by atoms with E-state index in [1.165, 1.54) is 0 Å². The third kappa shape index (κ3) is 1.83. The Labute approximate surface area is 84.6 Å². The van der Waals surface area contributed by atoms with Crippen LogP contribution in [-0.4, -0.2) is 12.6 Å². The Kier molecular flexibility index (Phi) is 2.22. The Morgan fingerprint density at radius 3 is 2.54 bits per heavy atom. The molecule has 13 heavy (non-hydrogen) atoms. The van der Waals surface area contributed by atoms with Crippen LogP contribution in [0.4, 0.5) is 4.79 Å². The second-order valence-corrected chi connectivity index (χ2v) is 3.87. The molecule has 1 atom stereocenters. The fourth-order valence-electron chi connectivity index (χ4n) is 1.35. The first kappa shape index (κ1) is 8.56. The van der Waals surface area contributed by atoms with Crippen molar-refractivity contribution in [3.63, 3.8) is 0 Å². The van der Waals surface area contributed by atoms with Gasteiger partial charge in [0.1, 0.15) is 0 Å². The Hall–Kier alpha value is -1.03. The zero-order chi connectivity index (χ0) is 9.26. The minimum absolute atomic E-state index is 0.0899. The van der Waals surface area contributed by atoms with Crippen LogP contribution in [0.1, 0.15) is 11.6 Å². The van der Waals surface area contributed by atoms with Crippen LogP contribution in [0.15, 0.2) is 28.7 Å². The highest BCUT2D eigenvalue weighted by atomic mass is 79.9. The zero-order valence-corrected chi connectivity index (χ0v) is 8.47. The lowest BCUT2D eigenvalue weighted by atomic mass is 10.1. The van der Waals surface area contributed by atoms with Crippen LogP contribution < -0.4 is 10.6 Å². The van der Waals surface area contributed by atoms with Crippen molar-refractivity contribution in [2.45, 2.75) is 6.04 Å². The number of benzene rings is 1. The van der Waals surface area contributed by atoms with Crippen molar-refractivity contribution < 1.29 is 4.79 Å². The molecule has 1 fully saturated rings. The largest absolute Gasteiger partial charge is 0.336 e. The first-order valence-corrected chi connectivity index (χ1v) is 4.85. The summed E-state index contributed by atoms with van der Waals surface area (Å²) in [5.41, 5.74) is 1.13. The molecule has 0 aliphatic carbocycles. The standard InChI is InChI=1S/C9H9BrN2O/c10-7-3-1-6(2-4-7)8-5-11-9(13)12-8/h1-4,8H,5H2,(H2,11,12,13). The summed E-state index contributed by atoms with van der Waals surface area (Å²) < 4.78 is 1.05. The molecule has 2 rings (SSSR count). The number of halogens is 1. The second kappa shape index (κ2) is 3.38. The molecule has 2 N–H and O–H groups in total. The number of urea groups is 1. The second-order valence-electron chi connectivity index (χ2n) is 2.96. The highest BCUT2D eigenvalue weighted by Gasteiger charge is 2.20. The highest BCUT2D eigenvalue weighted by Crippen LogP contribution is 2.18. The Balaban J connectivity index is 2.17. The lowest BCUT2D eigenvalue weighted by molar-refractivity contribution is 0.247. The van der Waals surface area contributed by atoms with Gasteiger partial charge in [-0.05, 0) is 17.7 Å². The number of hydrogen-bond donors (Lipinski definition) is 2. The Morgan fingerprint density at radius 2 is 2.00 bits per heavy atom. The van der Waals surface area contributed by atoms with Gasteiger partial charge in [-0.3, -0.25) is 0 Å². The van der Waals surface area contributed by atoms with Gasteiger partial charge in [-0.25, -0.2) is 4.79 Å². The predicted molar refractivity (Wildman–Crippen MR) is 53.4 cm³/mol. The van der Waals surface area contributed by atoms with E-state index in [2.05, 4.69) is 26.6 Å². The highest BCUT2D eigenvalue weighted by molar-refractivity contribution is 9.10. The minimum Gasteiger partial charge on any atom is -0.336 e. The number of carbonyl (C=O) groups is 1. The van der Waals surface area contributed by atoms with Gasteiger partial charge in [0.15, 0.2) is 0 Å². The summed E-state index contributed by atoms with van der Waals surface area (Å²) >= 11 is 3.36. The molecule has 68 valence electrons. The van der Waals surface area contributed by atoms with Crippen molar-refractivity contribution in [3.05, 3.63) is 34.3 Å². The monoisotopic (exact) mass is 240 g/mol. The first-order valence-electron chi connectivity index (χ1n) is 4.05. The van der Waals surface area contributed by atoms with E-state index >= 15 is 0 Å². The van der Waals surface area contributed by atoms with E-state index in [-0.39, 0.29) is 12.1 Å². The lowest BCUT2D eigenvalue weighted by Gasteiger charge is -2.07. The molecule has 1 aliphatic heterocycles. The average molecular weight is 241 g/mol. The molecule has 1 aromatic carbocycles. The van der Waals surface area contributed by atoms with E-state index in [4.69, 9.17) is 0 Å². The van der Waals surface area contributed by atoms with E-state index in [1.807, 2.05) is 24.3 Å². The van der Waals surface area contributed by atoms with E-state index in [9.17, 15) is 4.79 Å². The molecular formula is C9H9BrN2O. The molecule has 1 aliphatic rings. The van der Waals surface area contributed by atoms with Gasteiger partial charge in [0.05, 0.1) is 6.04 Å². The molecule has 0 saturated carbocycles.